The van der Waals surface area contributed by atoms with Crippen LogP contribution in [0.2, 0.25) is 0 Å². The van der Waals surface area contributed by atoms with Gasteiger partial charge in [0.15, 0.2) is 0 Å². The van der Waals surface area contributed by atoms with Gasteiger partial charge in [0.25, 0.3) is 0 Å². The maximum absolute atomic E-state index is 12.5. The van der Waals surface area contributed by atoms with Gasteiger partial charge in [-0.1, -0.05) is 0 Å². The van der Waals surface area contributed by atoms with Crippen LogP contribution in [0.4, 0.5) is 13.2 Å². The van der Waals surface area contributed by atoms with Gasteiger partial charge >= 0.3 is 6.18 Å². The minimum Gasteiger partial charge on any atom is -0.394 e. The van der Waals surface area contributed by atoms with E-state index in [1.165, 1.54) is 0 Å². The van der Waals surface area contributed by atoms with E-state index in [4.69, 9.17) is 0 Å². The standard InChI is InChI=1S/C13H25F3N2O/c1-12(10-19,17-2)6-3-7-18-8-4-11(5-9-18)13(14,15)16/h11,17,19H,3-10H2,1-2H3. The second-order valence-electron chi connectivity index (χ2n) is 5.73. The Labute approximate surface area is 113 Å². The number of piperidine rings is 1. The van der Waals surface area contributed by atoms with Crippen LogP contribution in [0.5, 0.6) is 0 Å². The third-order valence-electron chi connectivity index (χ3n) is 4.21. The van der Waals surface area contributed by atoms with Crippen LogP contribution in [0, 0.1) is 5.92 Å². The van der Waals surface area contributed by atoms with Crippen LogP contribution in [0.25, 0.3) is 0 Å². The lowest BCUT2D eigenvalue weighted by molar-refractivity contribution is -0.185. The van der Waals surface area contributed by atoms with Crippen molar-refractivity contribution in [1.29, 1.82) is 0 Å². The first-order valence-electron chi connectivity index (χ1n) is 6.89. The van der Waals surface area contributed by atoms with Crippen molar-refractivity contribution in [3.05, 3.63) is 0 Å². The lowest BCUT2D eigenvalue weighted by Gasteiger charge is -2.34. The Balaban J connectivity index is 2.23. The fourth-order valence-electron chi connectivity index (χ4n) is 2.46. The molecule has 0 radical (unpaired) electrons. The van der Waals surface area contributed by atoms with E-state index in [2.05, 4.69) is 10.2 Å². The molecule has 0 amide bonds. The van der Waals surface area contributed by atoms with Gasteiger partial charge in [-0.15, -0.1) is 0 Å². The first-order chi connectivity index (χ1) is 8.80. The molecule has 1 rings (SSSR count). The van der Waals surface area contributed by atoms with Crippen LogP contribution in [0.1, 0.15) is 32.6 Å². The molecule has 0 aromatic heterocycles. The molecule has 1 aliphatic heterocycles. The number of aliphatic hydroxyl groups is 1. The average molecular weight is 282 g/mol. The molecule has 19 heavy (non-hydrogen) atoms. The van der Waals surface area contributed by atoms with Crippen molar-refractivity contribution in [2.45, 2.75) is 44.3 Å². The summed E-state index contributed by atoms with van der Waals surface area (Å²) in [5.74, 6) is -1.12. The molecule has 1 aliphatic rings. The zero-order chi connectivity index (χ0) is 14.5. The molecule has 0 aromatic rings. The van der Waals surface area contributed by atoms with Crippen molar-refractivity contribution < 1.29 is 18.3 Å². The SMILES string of the molecule is CNC(C)(CO)CCCN1CCC(C(F)(F)F)CC1. The van der Waals surface area contributed by atoms with Crippen molar-refractivity contribution >= 4 is 0 Å². The number of nitrogens with one attached hydrogen (secondary N) is 1. The predicted molar refractivity (Wildman–Crippen MR) is 69.0 cm³/mol. The van der Waals surface area contributed by atoms with E-state index in [1.807, 2.05) is 14.0 Å². The third kappa shape index (κ3) is 5.28. The van der Waals surface area contributed by atoms with Crippen molar-refractivity contribution in [2.75, 3.05) is 33.3 Å². The Morgan fingerprint density at radius 3 is 2.26 bits per heavy atom. The van der Waals surface area contributed by atoms with Crippen LogP contribution in [-0.2, 0) is 0 Å². The molecule has 0 aliphatic carbocycles. The summed E-state index contributed by atoms with van der Waals surface area (Å²) >= 11 is 0. The molecular weight excluding hydrogens is 257 g/mol. The first-order valence-corrected chi connectivity index (χ1v) is 6.89. The van der Waals surface area contributed by atoms with Crippen molar-refractivity contribution in [1.82, 2.24) is 10.2 Å². The molecular formula is C13H25F3N2O. The second kappa shape index (κ2) is 6.90. The third-order valence-corrected chi connectivity index (χ3v) is 4.21. The molecule has 6 heteroatoms. The van der Waals surface area contributed by atoms with Crippen molar-refractivity contribution in [2.24, 2.45) is 5.92 Å². The molecule has 3 nitrogen and oxygen atoms in total. The minimum atomic E-state index is -4.03. The number of hydrogen-bond acceptors (Lipinski definition) is 3. The number of likely N-dealkylation sites (N-methyl/N-ethyl adjacent to an activating group) is 1. The summed E-state index contributed by atoms with van der Waals surface area (Å²) in [6.07, 6.45) is -1.90. The van der Waals surface area contributed by atoms with E-state index >= 15 is 0 Å². The molecule has 0 bridgehead atoms. The van der Waals surface area contributed by atoms with Gasteiger partial charge < -0.3 is 15.3 Å². The number of alkyl halides is 3. The quantitative estimate of drug-likeness (QED) is 0.782. The Morgan fingerprint density at radius 1 is 1.26 bits per heavy atom. The second-order valence-corrected chi connectivity index (χ2v) is 5.73. The largest absolute Gasteiger partial charge is 0.394 e. The summed E-state index contributed by atoms with van der Waals surface area (Å²) in [7, 11) is 1.81. The van der Waals surface area contributed by atoms with Crippen molar-refractivity contribution in [3.63, 3.8) is 0 Å². The zero-order valence-corrected chi connectivity index (χ0v) is 11.8. The highest BCUT2D eigenvalue weighted by molar-refractivity contribution is 4.82. The Kier molecular flexibility index (Phi) is 6.08. The molecule has 1 fully saturated rings. The highest BCUT2D eigenvalue weighted by Crippen LogP contribution is 2.34. The summed E-state index contributed by atoms with van der Waals surface area (Å²) in [6.45, 7) is 3.88. The van der Waals surface area contributed by atoms with Crippen LogP contribution >= 0.6 is 0 Å². The molecule has 1 atom stereocenters. The summed E-state index contributed by atoms with van der Waals surface area (Å²) in [5, 5.41) is 12.3. The smallest absolute Gasteiger partial charge is 0.391 e. The molecule has 1 saturated heterocycles. The topological polar surface area (TPSA) is 35.5 Å². The summed E-state index contributed by atoms with van der Waals surface area (Å²) in [5.41, 5.74) is -0.287. The lowest BCUT2D eigenvalue weighted by Crippen LogP contribution is -2.44. The highest BCUT2D eigenvalue weighted by atomic mass is 19.4. The monoisotopic (exact) mass is 282 g/mol. The Hall–Kier alpha value is -0.330. The Morgan fingerprint density at radius 2 is 1.84 bits per heavy atom. The van der Waals surface area contributed by atoms with Gasteiger partial charge in [-0.2, -0.15) is 13.2 Å². The van der Waals surface area contributed by atoms with E-state index in [-0.39, 0.29) is 25.0 Å². The summed E-state index contributed by atoms with van der Waals surface area (Å²) in [4.78, 5) is 2.09. The van der Waals surface area contributed by atoms with Crippen LogP contribution < -0.4 is 5.32 Å². The van der Waals surface area contributed by atoms with Crippen LogP contribution in [0.3, 0.4) is 0 Å². The number of rotatable bonds is 6. The van der Waals surface area contributed by atoms with Gasteiger partial charge in [0.05, 0.1) is 12.5 Å². The van der Waals surface area contributed by atoms with Gasteiger partial charge in [-0.05, 0) is 59.3 Å². The number of nitrogens with zero attached hydrogens (tertiary/aromatic N) is 1. The van der Waals surface area contributed by atoms with Gasteiger partial charge in [0.1, 0.15) is 0 Å². The normalized spacial score (nSPS) is 22.4. The zero-order valence-electron chi connectivity index (χ0n) is 11.8. The average Bonchev–Trinajstić information content (AvgIpc) is 2.38. The maximum atomic E-state index is 12.5. The van der Waals surface area contributed by atoms with E-state index in [9.17, 15) is 18.3 Å². The van der Waals surface area contributed by atoms with E-state index in [0.29, 0.717) is 13.1 Å². The number of aliphatic hydroxyl groups excluding tert-OH is 1. The van der Waals surface area contributed by atoms with Gasteiger partial charge in [-0.25, -0.2) is 0 Å². The van der Waals surface area contributed by atoms with Gasteiger partial charge in [0.2, 0.25) is 0 Å². The van der Waals surface area contributed by atoms with E-state index < -0.39 is 12.1 Å². The molecule has 114 valence electrons. The fourth-order valence-corrected chi connectivity index (χ4v) is 2.46. The van der Waals surface area contributed by atoms with Gasteiger partial charge in [-0.3, -0.25) is 0 Å². The van der Waals surface area contributed by atoms with Gasteiger partial charge in [0, 0.05) is 5.54 Å². The first kappa shape index (κ1) is 16.7. The Bertz CT molecular complexity index is 259. The fraction of sp³-hybridized carbons (Fsp3) is 1.00. The van der Waals surface area contributed by atoms with Crippen LogP contribution in [-0.4, -0.2) is 55.0 Å². The molecule has 1 unspecified atom stereocenters. The molecule has 0 spiro atoms. The molecule has 0 saturated carbocycles. The lowest BCUT2D eigenvalue weighted by atomic mass is 9.94. The van der Waals surface area contributed by atoms with Crippen LogP contribution in [0.15, 0.2) is 0 Å². The minimum absolute atomic E-state index is 0.0691. The van der Waals surface area contributed by atoms with E-state index in [0.717, 1.165) is 19.4 Å². The summed E-state index contributed by atoms with van der Waals surface area (Å²) < 4.78 is 37.5. The number of likely N-dealkylation sites (tertiary alicyclic amines) is 1. The van der Waals surface area contributed by atoms with E-state index in [1.54, 1.807) is 0 Å². The van der Waals surface area contributed by atoms with Crippen molar-refractivity contribution in [3.8, 4) is 0 Å². The highest BCUT2D eigenvalue weighted by Gasteiger charge is 2.40. The molecule has 0 aromatic carbocycles. The molecule has 1 heterocycles. The number of halogens is 3. The predicted octanol–water partition coefficient (Wildman–Crippen LogP) is 2.01. The summed E-state index contributed by atoms with van der Waals surface area (Å²) in [6, 6.07) is 0. The number of hydrogen-bond donors (Lipinski definition) is 2. The molecule has 2 N–H and O–H groups in total. The maximum Gasteiger partial charge on any atom is 0.391 e.